The molecule has 0 radical (unpaired) electrons. The van der Waals surface area contributed by atoms with Gasteiger partial charge in [-0.05, 0) is 0 Å². The fourth-order valence-electron chi connectivity index (χ4n) is 0.268. The fraction of sp³-hybridized carbons (Fsp3) is 0.333. The maximum Gasteiger partial charge on any atom is 0.0954 e. The van der Waals surface area contributed by atoms with Crippen LogP contribution in [0.1, 0.15) is 0 Å². The van der Waals surface area contributed by atoms with Gasteiger partial charge >= 0.3 is 0 Å². The maximum atomic E-state index is 8.60. The molecule has 0 fully saturated rings. The Kier molecular flexibility index (Phi) is 4.21. The monoisotopic (exact) mass is 114 g/mol. The first-order valence-electron chi connectivity index (χ1n) is 2.39. The van der Waals surface area contributed by atoms with Crippen LogP contribution in [0.2, 0.25) is 0 Å². The van der Waals surface area contributed by atoms with Gasteiger partial charge in [0.2, 0.25) is 0 Å². The molecule has 0 aromatic carbocycles. The molecule has 0 saturated heterocycles. The van der Waals surface area contributed by atoms with Crippen molar-refractivity contribution >= 4 is 0 Å². The summed E-state index contributed by atoms with van der Waals surface area (Å²) in [5, 5.41) is 16.8. The van der Waals surface area contributed by atoms with Crippen molar-refractivity contribution in [3.05, 3.63) is 24.8 Å². The van der Waals surface area contributed by atoms with Crippen LogP contribution in [0.5, 0.6) is 0 Å². The summed E-state index contributed by atoms with van der Waals surface area (Å²) in [6.07, 6.45) is 3.85. The predicted molar refractivity (Wildman–Crippen MR) is 32.4 cm³/mol. The van der Waals surface area contributed by atoms with E-state index >= 15 is 0 Å². The highest BCUT2D eigenvalue weighted by Gasteiger charge is 1.89. The molecule has 0 rings (SSSR count). The standard InChI is InChI=1S/C6H10O2/c1-2-3-4-6(8)5-7/h2-4,6-8H,1,5H2/b4-3+/t6-/m1/s1. The van der Waals surface area contributed by atoms with Gasteiger partial charge in [-0.3, -0.25) is 0 Å². The van der Waals surface area contributed by atoms with E-state index in [9.17, 15) is 0 Å². The van der Waals surface area contributed by atoms with Crippen molar-refractivity contribution in [2.45, 2.75) is 6.10 Å². The van der Waals surface area contributed by atoms with Crippen LogP contribution in [0, 0.1) is 0 Å². The highest BCUT2D eigenvalue weighted by molar-refractivity contribution is 5.00. The fourth-order valence-corrected chi connectivity index (χ4v) is 0.268. The van der Waals surface area contributed by atoms with E-state index in [2.05, 4.69) is 6.58 Å². The van der Waals surface area contributed by atoms with Crippen LogP contribution in [-0.4, -0.2) is 22.9 Å². The van der Waals surface area contributed by atoms with Crippen LogP contribution in [0.4, 0.5) is 0 Å². The van der Waals surface area contributed by atoms with Crippen molar-refractivity contribution < 1.29 is 10.2 Å². The summed E-state index contributed by atoms with van der Waals surface area (Å²) in [6, 6.07) is 0. The van der Waals surface area contributed by atoms with Gasteiger partial charge in [-0.25, -0.2) is 0 Å². The van der Waals surface area contributed by atoms with Gasteiger partial charge in [-0.1, -0.05) is 24.8 Å². The number of rotatable bonds is 3. The number of allylic oxidation sites excluding steroid dienone is 2. The second-order valence-corrected chi connectivity index (χ2v) is 1.37. The smallest absolute Gasteiger partial charge is 0.0954 e. The second-order valence-electron chi connectivity index (χ2n) is 1.37. The van der Waals surface area contributed by atoms with Crippen LogP contribution < -0.4 is 0 Å². The SMILES string of the molecule is C=C/C=C/[C@@H](O)CO. The summed E-state index contributed by atoms with van der Waals surface area (Å²) >= 11 is 0. The summed E-state index contributed by atoms with van der Waals surface area (Å²) in [7, 11) is 0. The Hall–Kier alpha value is -0.600. The average molecular weight is 114 g/mol. The number of hydrogen-bond acceptors (Lipinski definition) is 2. The van der Waals surface area contributed by atoms with Crippen LogP contribution in [0.25, 0.3) is 0 Å². The molecule has 0 amide bonds. The molecule has 2 nitrogen and oxygen atoms in total. The van der Waals surface area contributed by atoms with Gasteiger partial charge in [0.25, 0.3) is 0 Å². The molecule has 46 valence electrons. The molecule has 0 aromatic heterocycles. The largest absolute Gasteiger partial charge is 0.393 e. The van der Waals surface area contributed by atoms with Crippen molar-refractivity contribution in [1.29, 1.82) is 0 Å². The zero-order valence-electron chi connectivity index (χ0n) is 4.62. The Bertz CT molecular complexity index is 86.5. The lowest BCUT2D eigenvalue weighted by Crippen LogP contribution is -2.06. The van der Waals surface area contributed by atoms with Crippen molar-refractivity contribution in [2.24, 2.45) is 0 Å². The van der Waals surface area contributed by atoms with Crippen molar-refractivity contribution in [3.63, 3.8) is 0 Å². The lowest BCUT2D eigenvalue weighted by atomic mass is 10.3. The van der Waals surface area contributed by atoms with Crippen molar-refractivity contribution in [3.8, 4) is 0 Å². The normalized spacial score (nSPS) is 14.2. The Morgan fingerprint density at radius 1 is 1.62 bits per heavy atom. The average Bonchev–Trinajstić information content (AvgIpc) is 1.83. The van der Waals surface area contributed by atoms with Crippen LogP contribution in [-0.2, 0) is 0 Å². The highest BCUT2D eigenvalue weighted by Crippen LogP contribution is 1.82. The zero-order valence-corrected chi connectivity index (χ0v) is 4.62. The van der Waals surface area contributed by atoms with E-state index in [1.54, 1.807) is 12.2 Å². The minimum atomic E-state index is -0.743. The van der Waals surface area contributed by atoms with Crippen LogP contribution in [0.15, 0.2) is 24.8 Å². The number of aliphatic hydroxyl groups excluding tert-OH is 2. The van der Waals surface area contributed by atoms with E-state index in [0.717, 1.165) is 0 Å². The first kappa shape index (κ1) is 7.40. The van der Waals surface area contributed by atoms with E-state index in [-0.39, 0.29) is 6.61 Å². The minimum Gasteiger partial charge on any atom is -0.393 e. The first-order chi connectivity index (χ1) is 3.81. The van der Waals surface area contributed by atoms with Crippen molar-refractivity contribution in [1.82, 2.24) is 0 Å². The van der Waals surface area contributed by atoms with Gasteiger partial charge in [0.1, 0.15) is 0 Å². The van der Waals surface area contributed by atoms with Crippen LogP contribution >= 0.6 is 0 Å². The Labute approximate surface area is 48.8 Å². The molecule has 2 N–H and O–H groups in total. The summed E-state index contributed by atoms with van der Waals surface area (Å²) in [5.74, 6) is 0. The van der Waals surface area contributed by atoms with Gasteiger partial charge in [0, 0.05) is 0 Å². The zero-order chi connectivity index (χ0) is 6.41. The molecular weight excluding hydrogens is 104 g/mol. The van der Waals surface area contributed by atoms with Gasteiger partial charge < -0.3 is 10.2 Å². The molecule has 2 heteroatoms. The Balaban J connectivity index is 3.35. The summed E-state index contributed by atoms with van der Waals surface area (Å²) < 4.78 is 0. The van der Waals surface area contributed by atoms with Gasteiger partial charge in [0.05, 0.1) is 12.7 Å². The van der Waals surface area contributed by atoms with E-state index < -0.39 is 6.10 Å². The molecule has 0 aliphatic carbocycles. The quantitative estimate of drug-likeness (QED) is 0.510. The molecule has 0 saturated carbocycles. The van der Waals surface area contributed by atoms with Crippen molar-refractivity contribution in [2.75, 3.05) is 6.61 Å². The molecule has 0 aliphatic rings. The third kappa shape index (κ3) is 3.59. The summed E-state index contributed by atoms with van der Waals surface area (Å²) in [6.45, 7) is 3.16. The molecule has 0 spiro atoms. The highest BCUT2D eigenvalue weighted by atomic mass is 16.3. The predicted octanol–water partition coefficient (Wildman–Crippen LogP) is 0.0818. The molecular formula is C6H10O2. The molecule has 8 heavy (non-hydrogen) atoms. The second kappa shape index (κ2) is 4.56. The number of hydrogen-bond donors (Lipinski definition) is 2. The molecule has 0 aliphatic heterocycles. The topological polar surface area (TPSA) is 40.5 Å². The molecule has 0 aromatic rings. The molecule has 1 atom stereocenters. The third-order valence-corrected chi connectivity index (χ3v) is 0.656. The summed E-state index contributed by atoms with van der Waals surface area (Å²) in [4.78, 5) is 0. The van der Waals surface area contributed by atoms with E-state index in [1.165, 1.54) is 6.08 Å². The lowest BCUT2D eigenvalue weighted by Gasteiger charge is -1.94. The first-order valence-corrected chi connectivity index (χ1v) is 2.39. The summed E-state index contributed by atoms with van der Waals surface area (Å²) in [5.41, 5.74) is 0. The molecule has 0 heterocycles. The Morgan fingerprint density at radius 3 is 2.62 bits per heavy atom. The van der Waals surface area contributed by atoms with Crippen LogP contribution in [0.3, 0.4) is 0 Å². The minimum absolute atomic E-state index is 0.232. The third-order valence-electron chi connectivity index (χ3n) is 0.656. The van der Waals surface area contributed by atoms with Gasteiger partial charge in [-0.15, -0.1) is 0 Å². The van der Waals surface area contributed by atoms with Gasteiger partial charge in [-0.2, -0.15) is 0 Å². The lowest BCUT2D eigenvalue weighted by molar-refractivity contribution is 0.131. The molecule has 0 unspecified atom stereocenters. The van der Waals surface area contributed by atoms with Gasteiger partial charge in [0.15, 0.2) is 0 Å². The maximum absolute atomic E-state index is 8.60. The van der Waals surface area contributed by atoms with E-state index in [0.29, 0.717) is 0 Å². The van der Waals surface area contributed by atoms with E-state index in [4.69, 9.17) is 10.2 Å². The number of aliphatic hydroxyl groups is 2. The Morgan fingerprint density at radius 2 is 2.25 bits per heavy atom. The molecule has 0 bridgehead atoms. The van der Waals surface area contributed by atoms with E-state index in [1.807, 2.05) is 0 Å².